The number of hydrogen-bond acceptors (Lipinski definition) is 6. The molecular weight excluding hydrogens is 360 g/mol. The van der Waals surface area contributed by atoms with Crippen molar-refractivity contribution in [2.45, 2.75) is 37.9 Å². The molecule has 150 valence electrons. The van der Waals surface area contributed by atoms with Gasteiger partial charge in [0.25, 0.3) is 5.91 Å². The quantitative estimate of drug-likeness (QED) is 0.671. The van der Waals surface area contributed by atoms with Crippen LogP contribution >= 0.6 is 0 Å². The molecule has 2 aromatic rings. The summed E-state index contributed by atoms with van der Waals surface area (Å²) in [6.45, 7) is 4.37. The van der Waals surface area contributed by atoms with Gasteiger partial charge in [-0.15, -0.1) is 5.10 Å². The smallest absolute Gasteiger partial charge is 0.255 e. The number of para-hydroxylation sites is 1. The van der Waals surface area contributed by atoms with Crippen molar-refractivity contribution in [3.63, 3.8) is 0 Å². The predicted octanol–water partition coefficient (Wildman–Crippen LogP) is 0.601. The lowest BCUT2D eigenvalue weighted by molar-refractivity contribution is -0.122. The zero-order valence-corrected chi connectivity index (χ0v) is 16.5. The molecule has 2 atom stereocenters. The van der Waals surface area contributed by atoms with Crippen LogP contribution in [-0.2, 0) is 10.3 Å². The van der Waals surface area contributed by atoms with Crippen molar-refractivity contribution in [2.24, 2.45) is 0 Å². The second kappa shape index (κ2) is 7.97. The Kier molecular flexibility index (Phi) is 5.64. The van der Waals surface area contributed by atoms with E-state index < -0.39 is 5.54 Å². The molecular formula is C19H26N6O3. The molecule has 1 aliphatic heterocycles. The lowest BCUT2D eigenvalue weighted by Crippen LogP contribution is -2.41. The molecule has 1 saturated heterocycles. The number of likely N-dealkylation sites (N-methyl/N-ethyl adjacent to an activating group) is 1. The number of nitrogens with zero attached hydrogens (tertiary/aromatic N) is 3. The van der Waals surface area contributed by atoms with E-state index in [1.807, 2.05) is 26.1 Å². The molecule has 2 amide bonds. The maximum Gasteiger partial charge on any atom is 0.255 e. The number of hydrogen-bond donors (Lipinski definition) is 3. The Hall–Kier alpha value is -2.94. The minimum Gasteiger partial charge on any atom is -0.496 e. The third-order valence-electron chi connectivity index (χ3n) is 4.97. The van der Waals surface area contributed by atoms with E-state index in [1.165, 1.54) is 7.11 Å². The summed E-state index contributed by atoms with van der Waals surface area (Å²) < 4.78 is 7.02. The zero-order valence-electron chi connectivity index (χ0n) is 16.5. The minimum absolute atomic E-state index is 0.0317. The maximum absolute atomic E-state index is 12.7. The number of aromatic nitrogens is 3. The highest BCUT2D eigenvalue weighted by Crippen LogP contribution is 2.24. The average Bonchev–Trinajstić information content (AvgIpc) is 3.36. The second-order valence-corrected chi connectivity index (χ2v) is 7.33. The first-order valence-electron chi connectivity index (χ1n) is 9.18. The maximum atomic E-state index is 12.7. The summed E-state index contributed by atoms with van der Waals surface area (Å²) in [6, 6.07) is 6.86. The Morgan fingerprint density at radius 1 is 1.32 bits per heavy atom. The lowest BCUT2D eigenvalue weighted by atomic mass is 10.0. The van der Waals surface area contributed by atoms with Crippen LogP contribution in [0.25, 0.3) is 0 Å². The van der Waals surface area contributed by atoms with Crippen molar-refractivity contribution in [2.75, 3.05) is 20.7 Å². The Bertz CT molecular complexity index is 863. The Balaban J connectivity index is 1.71. The lowest BCUT2D eigenvalue weighted by Gasteiger charge is -2.24. The van der Waals surface area contributed by atoms with Crippen LogP contribution in [-0.4, -0.2) is 53.6 Å². The average molecular weight is 386 g/mol. The van der Waals surface area contributed by atoms with Crippen LogP contribution in [0.2, 0.25) is 0 Å². The molecule has 3 rings (SSSR count). The fourth-order valence-corrected chi connectivity index (χ4v) is 3.28. The van der Waals surface area contributed by atoms with Crippen molar-refractivity contribution in [3.05, 3.63) is 41.7 Å². The van der Waals surface area contributed by atoms with Gasteiger partial charge in [0, 0.05) is 13.6 Å². The van der Waals surface area contributed by atoms with Crippen LogP contribution in [0, 0.1) is 0 Å². The number of methoxy groups -OCH3 is 1. The number of rotatable bonds is 6. The monoisotopic (exact) mass is 386 g/mol. The summed E-state index contributed by atoms with van der Waals surface area (Å²) in [7, 11) is 3.16. The van der Waals surface area contributed by atoms with Crippen LogP contribution in [0.1, 0.15) is 42.4 Å². The van der Waals surface area contributed by atoms with Crippen LogP contribution < -0.4 is 20.7 Å². The highest BCUT2D eigenvalue weighted by atomic mass is 16.5. The third kappa shape index (κ3) is 3.99. The Morgan fingerprint density at radius 2 is 2.07 bits per heavy atom. The molecule has 0 aliphatic carbocycles. The number of carbonyl (C=O) groups excluding carboxylic acids is 2. The fraction of sp³-hybridized carbons (Fsp3) is 0.474. The Labute approximate surface area is 163 Å². The molecule has 28 heavy (non-hydrogen) atoms. The molecule has 1 aliphatic rings. The first-order chi connectivity index (χ1) is 13.4. The summed E-state index contributed by atoms with van der Waals surface area (Å²) in [5, 5.41) is 17.3. The number of ether oxygens (including phenoxy) is 1. The first kappa shape index (κ1) is 19.8. The molecule has 1 aromatic carbocycles. The fourth-order valence-electron chi connectivity index (χ4n) is 3.28. The number of nitrogens with one attached hydrogen (secondary N) is 3. The van der Waals surface area contributed by atoms with Crippen molar-refractivity contribution in [1.82, 2.24) is 30.9 Å². The van der Waals surface area contributed by atoms with Crippen molar-refractivity contribution in [3.8, 4) is 5.75 Å². The van der Waals surface area contributed by atoms with Crippen molar-refractivity contribution < 1.29 is 14.3 Å². The van der Waals surface area contributed by atoms with E-state index in [0.29, 0.717) is 30.0 Å². The molecule has 1 aromatic heterocycles. The second-order valence-electron chi connectivity index (χ2n) is 7.33. The van der Waals surface area contributed by atoms with Crippen LogP contribution in [0.4, 0.5) is 0 Å². The van der Waals surface area contributed by atoms with Gasteiger partial charge >= 0.3 is 0 Å². The molecule has 0 spiro atoms. The summed E-state index contributed by atoms with van der Waals surface area (Å²) >= 11 is 0. The van der Waals surface area contributed by atoms with Gasteiger partial charge in [0.2, 0.25) is 5.91 Å². The van der Waals surface area contributed by atoms with Crippen LogP contribution in [0.15, 0.2) is 30.5 Å². The number of amides is 2. The van der Waals surface area contributed by atoms with E-state index in [2.05, 4.69) is 26.3 Å². The summed E-state index contributed by atoms with van der Waals surface area (Å²) in [5.74, 6) is 0.225. The number of benzene rings is 1. The standard InChI is InChI=1S/C19H26N6O3/c1-19(2,22-17(26)13-7-5-6-8-15(13)28-4)16-11-25(24-23-16)12-9-14(21-10-12)18(27)20-3/h5-8,11-12,14,21H,9-10H2,1-4H3,(H,20,27)(H,22,26)/t12-,14-/m0/s1. The van der Waals surface area contributed by atoms with Gasteiger partial charge in [-0.05, 0) is 32.4 Å². The first-order valence-corrected chi connectivity index (χ1v) is 9.18. The summed E-state index contributed by atoms with van der Waals surface area (Å²) in [6.07, 6.45) is 2.46. The van der Waals surface area contributed by atoms with Crippen molar-refractivity contribution in [1.29, 1.82) is 0 Å². The van der Waals surface area contributed by atoms with Gasteiger partial charge in [0.15, 0.2) is 0 Å². The molecule has 1 fully saturated rings. The predicted molar refractivity (Wildman–Crippen MR) is 103 cm³/mol. The number of carbonyl (C=O) groups is 2. The summed E-state index contributed by atoms with van der Waals surface area (Å²) in [4.78, 5) is 24.5. The molecule has 3 N–H and O–H groups in total. The SMILES string of the molecule is CNC(=O)[C@@H]1C[C@H](n2cc(C(C)(C)NC(=O)c3ccccc3OC)nn2)CN1. The van der Waals surface area contributed by atoms with Gasteiger partial charge in [-0.1, -0.05) is 17.3 Å². The highest BCUT2D eigenvalue weighted by molar-refractivity contribution is 5.97. The minimum atomic E-state index is -0.734. The van der Waals surface area contributed by atoms with Crippen LogP contribution in [0.5, 0.6) is 5.75 Å². The highest BCUT2D eigenvalue weighted by Gasteiger charge is 2.33. The third-order valence-corrected chi connectivity index (χ3v) is 4.97. The van der Waals surface area contributed by atoms with Gasteiger partial charge in [-0.3, -0.25) is 9.59 Å². The largest absolute Gasteiger partial charge is 0.496 e. The van der Waals surface area contributed by atoms with Gasteiger partial charge in [0.1, 0.15) is 11.4 Å². The van der Waals surface area contributed by atoms with Gasteiger partial charge in [0.05, 0.1) is 36.5 Å². The normalized spacial score (nSPS) is 19.3. The van der Waals surface area contributed by atoms with Gasteiger partial charge in [-0.2, -0.15) is 0 Å². The topological polar surface area (TPSA) is 110 Å². The zero-order chi connectivity index (χ0) is 20.3. The van der Waals surface area contributed by atoms with E-state index in [4.69, 9.17) is 4.74 Å². The molecule has 0 bridgehead atoms. The van der Waals surface area contributed by atoms with Gasteiger partial charge < -0.3 is 20.7 Å². The molecule has 2 heterocycles. The molecule has 0 radical (unpaired) electrons. The van der Waals surface area contributed by atoms with E-state index in [-0.39, 0.29) is 23.9 Å². The molecule has 9 heteroatoms. The van der Waals surface area contributed by atoms with E-state index in [1.54, 1.807) is 29.9 Å². The van der Waals surface area contributed by atoms with E-state index >= 15 is 0 Å². The van der Waals surface area contributed by atoms with E-state index in [0.717, 1.165) is 0 Å². The van der Waals surface area contributed by atoms with Crippen LogP contribution in [0.3, 0.4) is 0 Å². The van der Waals surface area contributed by atoms with Crippen molar-refractivity contribution >= 4 is 11.8 Å². The molecule has 9 nitrogen and oxygen atoms in total. The van der Waals surface area contributed by atoms with Gasteiger partial charge in [-0.25, -0.2) is 4.68 Å². The molecule has 0 unspecified atom stereocenters. The Morgan fingerprint density at radius 3 is 2.79 bits per heavy atom. The summed E-state index contributed by atoms with van der Waals surface area (Å²) in [5.41, 5.74) is 0.362. The molecule has 0 saturated carbocycles. The van der Waals surface area contributed by atoms with E-state index in [9.17, 15) is 9.59 Å².